The number of rotatable bonds is 13. The Kier molecular flexibility index (Phi) is 12.2. The second-order valence-corrected chi connectivity index (χ2v) is 11.4. The predicted octanol–water partition coefficient (Wildman–Crippen LogP) is 3.59. The molecule has 4 N–H and O–H groups in total. The summed E-state index contributed by atoms with van der Waals surface area (Å²) >= 11 is 2.03. The van der Waals surface area contributed by atoms with E-state index in [1.165, 1.54) is 5.57 Å². The van der Waals surface area contributed by atoms with Crippen molar-refractivity contribution >= 4 is 29.0 Å². The Hall–Kier alpha value is -0.500. The third-order valence-corrected chi connectivity index (χ3v) is 8.23. The van der Waals surface area contributed by atoms with Crippen molar-refractivity contribution in [2.24, 2.45) is 5.92 Å². The number of halogens is 1. The number of carbonyl (C=O) groups excluding carboxylic acids is 1. The predicted molar refractivity (Wildman–Crippen MR) is 147 cm³/mol. The summed E-state index contributed by atoms with van der Waals surface area (Å²) in [5.41, 5.74) is 1.10. The summed E-state index contributed by atoms with van der Waals surface area (Å²) in [6.07, 6.45) is 7.61. The lowest BCUT2D eigenvalue weighted by molar-refractivity contribution is -0.113. The standard InChI is InChI=1S/C26H46IN3O6/c1-5-34-20(11-6-17(2)3)14-21-24(33-4)22(12-13-26(21)16-35-26)36-25(32)30-19-9-7-18(8-10-19)29-23(31)15-28-27/h6,18-24,28-29,31H,5,7-16H2,1-4H3,(H,30,32)/t18?,19?,20-,21?,22?,23?,24?,26+/m1/s1. The normalized spacial score (nSPS) is 33.6. The van der Waals surface area contributed by atoms with Crippen molar-refractivity contribution in [2.75, 3.05) is 26.9 Å². The zero-order valence-electron chi connectivity index (χ0n) is 22.3. The summed E-state index contributed by atoms with van der Waals surface area (Å²) in [5, 5.41) is 16.2. The van der Waals surface area contributed by atoms with Crippen LogP contribution < -0.4 is 14.2 Å². The molecule has 2 saturated carbocycles. The van der Waals surface area contributed by atoms with E-state index in [9.17, 15) is 9.90 Å². The largest absolute Gasteiger partial charge is 0.443 e. The molecule has 0 radical (unpaired) electrons. The Labute approximate surface area is 230 Å². The smallest absolute Gasteiger partial charge is 0.407 e. The molecule has 1 heterocycles. The van der Waals surface area contributed by atoms with Crippen molar-refractivity contribution in [1.82, 2.24) is 14.2 Å². The monoisotopic (exact) mass is 623 g/mol. The number of ether oxygens (including phenoxy) is 4. The molecular formula is C26H46IN3O6. The van der Waals surface area contributed by atoms with Crippen LogP contribution >= 0.6 is 22.9 Å². The first-order chi connectivity index (χ1) is 17.3. The fourth-order valence-corrected chi connectivity index (χ4v) is 6.22. The van der Waals surface area contributed by atoms with Crippen molar-refractivity contribution in [2.45, 2.75) is 114 Å². The Morgan fingerprint density at radius 3 is 2.50 bits per heavy atom. The van der Waals surface area contributed by atoms with Gasteiger partial charge in [0.15, 0.2) is 0 Å². The van der Waals surface area contributed by atoms with E-state index in [1.54, 1.807) is 7.11 Å². The summed E-state index contributed by atoms with van der Waals surface area (Å²) in [4.78, 5) is 12.9. The van der Waals surface area contributed by atoms with Crippen LogP contribution in [0, 0.1) is 5.92 Å². The van der Waals surface area contributed by atoms with Crippen LogP contribution in [-0.2, 0) is 18.9 Å². The van der Waals surface area contributed by atoms with Gasteiger partial charge in [0.1, 0.15) is 12.3 Å². The van der Waals surface area contributed by atoms with Crippen molar-refractivity contribution in [3.8, 4) is 0 Å². The molecule has 6 atom stereocenters. The first kappa shape index (κ1) is 30.0. The van der Waals surface area contributed by atoms with E-state index >= 15 is 0 Å². The number of methoxy groups -OCH3 is 1. The van der Waals surface area contributed by atoms with Crippen LogP contribution in [0.3, 0.4) is 0 Å². The molecule has 36 heavy (non-hydrogen) atoms. The number of carbonyl (C=O) groups is 1. The zero-order chi connectivity index (χ0) is 26.1. The minimum absolute atomic E-state index is 0.0798. The Morgan fingerprint density at radius 1 is 1.22 bits per heavy atom. The molecule has 0 aromatic rings. The number of amides is 1. The highest BCUT2D eigenvalue weighted by molar-refractivity contribution is 14.1. The van der Waals surface area contributed by atoms with Gasteiger partial charge in [-0.05, 0) is 72.1 Å². The Morgan fingerprint density at radius 2 is 1.92 bits per heavy atom. The first-order valence-electron chi connectivity index (χ1n) is 13.5. The minimum Gasteiger partial charge on any atom is -0.443 e. The molecule has 3 rings (SSSR count). The topological polar surface area (TPSA) is 114 Å². The number of aliphatic hydroxyl groups is 1. The Balaban J connectivity index is 1.53. The average Bonchev–Trinajstić information content (AvgIpc) is 3.61. The lowest BCUT2D eigenvalue weighted by Gasteiger charge is -2.42. The molecule has 208 valence electrons. The van der Waals surface area contributed by atoms with Gasteiger partial charge in [-0.15, -0.1) is 0 Å². The summed E-state index contributed by atoms with van der Waals surface area (Å²) in [6, 6.07) is 0.343. The number of hydrogen-bond acceptors (Lipinski definition) is 8. The van der Waals surface area contributed by atoms with Gasteiger partial charge in [-0.3, -0.25) is 8.85 Å². The summed E-state index contributed by atoms with van der Waals surface area (Å²) in [7, 11) is 1.70. The molecule has 0 bridgehead atoms. The molecule has 1 aliphatic heterocycles. The van der Waals surface area contributed by atoms with Crippen LogP contribution in [0.5, 0.6) is 0 Å². The van der Waals surface area contributed by atoms with Gasteiger partial charge in [0, 0.05) is 61.1 Å². The molecule has 3 fully saturated rings. The fraction of sp³-hybridized carbons (Fsp3) is 0.885. The minimum atomic E-state index is -0.560. The molecule has 9 nitrogen and oxygen atoms in total. The highest BCUT2D eigenvalue weighted by Crippen LogP contribution is 2.50. The number of alkyl carbamates (subject to hydrolysis) is 1. The van der Waals surface area contributed by atoms with Gasteiger partial charge in [0.05, 0.1) is 24.4 Å². The van der Waals surface area contributed by atoms with Gasteiger partial charge < -0.3 is 29.4 Å². The number of epoxide rings is 1. The van der Waals surface area contributed by atoms with Gasteiger partial charge in [0.25, 0.3) is 0 Å². The average molecular weight is 624 g/mol. The molecule has 1 saturated heterocycles. The lowest BCUT2D eigenvalue weighted by atomic mass is 9.72. The van der Waals surface area contributed by atoms with E-state index in [0.717, 1.165) is 58.0 Å². The van der Waals surface area contributed by atoms with E-state index in [1.807, 2.05) is 29.8 Å². The van der Waals surface area contributed by atoms with E-state index in [-0.39, 0.29) is 48.0 Å². The maximum atomic E-state index is 12.9. The van der Waals surface area contributed by atoms with Crippen LogP contribution in [-0.4, -0.2) is 80.3 Å². The number of nitrogens with one attached hydrogen (secondary N) is 3. The van der Waals surface area contributed by atoms with Crippen molar-refractivity contribution in [3.05, 3.63) is 11.6 Å². The van der Waals surface area contributed by atoms with E-state index in [4.69, 9.17) is 18.9 Å². The summed E-state index contributed by atoms with van der Waals surface area (Å²) in [6.45, 7) is 8.13. The highest BCUT2D eigenvalue weighted by Gasteiger charge is 2.59. The molecular weight excluding hydrogens is 577 g/mol. The molecule has 4 unspecified atom stereocenters. The molecule has 1 amide bonds. The van der Waals surface area contributed by atoms with E-state index < -0.39 is 6.23 Å². The summed E-state index contributed by atoms with van der Waals surface area (Å²) < 4.78 is 26.9. The third kappa shape index (κ3) is 8.78. The maximum Gasteiger partial charge on any atom is 0.407 e. The first-order valence-corrected chi connectivity index (χ1v) is 14.5. The molecule has 10 heteroatoms. The molecule has 3 aliphatic rings. The van der Waals surface area contributed by atoms with Crippen LogP contribution in [0.15, 0.2) is 11.6 Å². The summed E-state index contributed by atoms with van der Waals surface area (Å²) in [5.74, 6) is 0.112. The van der Waals surface area contributed by atoms with Crippen molar-refractivity contribution in [3.63, 3.8) is 0 Å². The molecule has 1 spiro atoms. The van der Waals surface area contributed by atoms with Crippen molar-refractivity contribution in [1.29, 1.82) is 0 Å². The van der Waals surface area contributed by atoms with Crippen LogP contribution in [0.1, 0.15) is 72.1 Å². The van der Waals surface area contributed by atoms with Crippen LogP contribution in [0.2, 0.25) is 0 Å². The van der Waals surface area contributed by atoms with Gasteiger partial charge in [0.2, 0.25) is 0 Å². The van der Waals surface area contributed by atoms with Gasteiger partial charge >= 0.3 is 6.09 Å². The molecule has 0 aromatic heterocycles. The second-order valence-electron chi connectivity index (χ2n) is 10.7. The zero-order valence-corrected chi connectivity index (χ0v) is 24.4. The number of hydrogen-bond donors (Lipinski definition) is 4. The number of aliphatic hydroxyl groups excluding tert-OH is 1. The Bertz CT molecular complexity index is 710. The number of allylic oxidation sites excluding steroid dienone is 1. The van der Waals surface area contributed by atoms with Crippen LogP contribution in [0.4, 0.5) is 4.79 Å². The second kappa shape index (κ2) is 14.6. The quantitative estimate of drug-likeness (QED) is 0.0810. The molecule has 0 aromatic carbocycles. The lowest BCUT2D eigenvalue weighted by Crippen LogP contribution is -2.52. The fourth-order valence-electron chi connectivity index (χ4n) is 5.80. The maximum absolute atomic E-state index is 12.9. The SMILES string of the molecule is CCO[C@H](CC=C(C)C)CC1C(OC)C(OC(=O)NC2CCC(NC(O)CNI)CC2)CC[C@]12CO2. The van der Waals surface area contributed by atoms with Crippen molar-refractivity contribution < 1.29 is 28.8 Å². The van der Waals surface area contributed by atoms with Gasteiger partial charge in [-0.1, -0.05) is 11.6 Å². The van der Waals surface area contributed by atoms with E-state index in [0.29, 0.717) is 13.2 Å². The highest BCUT2D eigenvalue weighted by atomic mass is 127. The van der Waals surface area contributed by atoms with Gasteiger partial charge in [-0.2, -0.15) is 0 Å². The van der Waals surface area contributed by atoms with Gasteiger partial charge in [-0.25, -0.2) is 4.79 Å². The van der Waals surface area contributed by atoms with Crippen LogP contribution in [0.25, 0.3) is 0 Å². The third-order valence-electron chi connectivity index (χ3n) is 7.79. The molecule has 2 aliphatic carbocycles. The van der Waals surface area contributed by atoms with E-state index in [2.05, 4.69) is 34.1 Å².